The summed E-state index contributed by atoms with van der Waals surface area (Å²) in [5.74, 6) is -1.43. The predicted octanol–water partition coefficient (Wildman–Crippen LogP) is 3.57. The number of para-hydroxylation sites is 2. The molecule has 8 rings (SSSR count). The fourth-order valence-corrected chi connectivity index (χ4v) is 6.73. The van der Waals surface area contributed by atoms with Gasteiger partial charge in [0.15, 0.2) is 5.72 Å². The lowest BCUT2D eigenvalue weighted by atomic mass is 9.89. The minimum atomic E-state index is -2.16. The molecular weight excluding hydrogens is 434 g/mol. The first-order valence-corrected chi connectivity index (χ1v) is 11.3. The van der Waals surface area contributed by atoms with Crippen LogP contribution >= 0.6 is 0 Å². The highest BCUT2D eigenvalue weighted by molar-refractivity contribution is 6.31. The summed E-state index contributed by atoms with van der Waals surface area (Å²) in [6, 6.07) is 15.5. The lowest BCUT2D eigenvalue weighted by Gasteiger charge is -2.36. The summed E-state index contributed by atoms with van der Waals surface area (Å²) in [5, 5.41) is 28.4. The molecule has 3 N–H and O–H groups in total. The lowest BCUT2D eigenvalue weighted by Crippen LogP contribution is -2.55. The summed E-state index contributed by atoms with van der Waals surface area (Å²) < 4.78 is 10.4. The minimum Gasteiger partial charge on any atom is -0.479 e. The normalized spacial score (nSPS) is 27.2. The molecule has 0 unspecified atom stereocenters. The molecule has 3 atom stereocenters. The van der Waals surface area contributed by atoms with E-state index in [0.29, 0.717) is 12.1 Å². The number of amides is 1. The van der Waals surface area contributed by atoms with Crippen LogP contribution in [0.4, 0.5) is 0 Å². The van der Waals surface area contributed by atoms with Crippen molar-refractivity contribution in [3.63, 3.8) is 0 Å². The second-order valence-electron chi connectivity index (χ2n) is 9.65. The molecule has 1 saturated heterocycles. The van der Waals surface area contributed by atoms with Crippen molar-refractivity contribution in [1.29, 1.82) is 0 Å². The van der Waals surface area contributed by atoms with Gasteiger partial charge in [-0.1, -0.05) is 36.4 Å². The van der Waals surface area contributed by atoms with Gasteiger partial charge in [-0.15, -0.1) is 0 Å². The molecule has 0 spiro atoms. The Labute approximate surface area is 191 Å². The lowest BCUT2D eigenvalue weighted by molar-refractivity contribution is -0.200. The van der Waals surface area contributed by atoms with Gasteiger partial charge in [-0.05, 0) is 24.6 Å². The monoisotopic (exact) mass is 453 g/mol. The van der Waals surface area contributed by atoms with Crippen molar-refractivity contribution in [1.82, 2.24) is 14.5 Å². The van der Waals surface area contributed by atoms with Gasteiger partial charge in [0.2, 0.25) is 5.60 Å². The number of carboxylic acids is 1. The quantitative estimate of drug-likeness (QED) is 0.360. The number of nitrogens with zero attached hydrogens (tertiary/aromatic N) is 2. The maximum absolute atomic E-state index is 13.2. The Morgan fingerprint density at radius 1 is 1.06 bits per heavy atom. The zero-order valence-corrected chi connectivity index (χ0v) is 18.1. The number of carboxylic acid groups (broad SMARTS) is 1. The van der Waals surface area contributed by atoms with Gasteiger partial charge in [0.25, 0.3) is 5.91 Å². The third-order valence-electron chi connectivity index (χ3n) is 8.19. The second-order valence-corrected chi connectivity index (χ2v) is 9.65. The Balaban J connectivity index is 1.77. The number of ether oxygens (including phenoxy) is 1. The van der Waals surface area contributed by atoms with Crippen LogP contribution in [0.2, 0.25) is 0 Å². The SMILES string of the molecule is C[C@]12O[C@@H](C[C@]1(O)C(=O)O)n1c3ccccc3c3c4c(c5c6ccccc6n2c5c31)CNC4=O. The van der Waals surface area contributed by atoms with Crippen LogP contribution in [0, 0.1) is 0 Å². The number of carbonyl (C=O) groups is 2. The van der Waals surface area contributed by atoms with E-state index in [9.17, 15) is 19.8 Å². The van der Waals surface area contributed by atoms with Gasteiger partial charge >= 0.3 is 5.97 Å². The van der Waals surface area contributed by atoms with Gasteiger partial charge in [-0.25, -0.2) is 4.79 Å². The van der Waals surface area contributed by atoms with Crippen LogP contribution in [0.5, 0.6) is 0 Å². The van der Waals surface area contributed by atoms with Crippen molar-refractivity contribution in [3.8, 4) is 0 Å². The highest BCUT2D eigenvalue weighted by Crippen LogP contribution is 2.57. The number of hydrogen-bond donors (Lipinski definition) is 3. The number of carbonyl (C=O) groups excluding carboxylic acids is 1. The highest BCUT2D eigenvalue weighted by atomic mass is 16.6. The molecule has 2 bridgehead atoms. The van der Waals surface area contributed by atoms with E-state index >= 15 is 0 Å². The predicted molar refractivity (Wildman–Crippen MR) is 125 cm³/mol. The average Bonchev–Trinajstić information content (AvgIpc) is 3.51. The van der Waals surface area contributed by atoms with Crippen LogP contribution in [0.1, 0.15) is 35.5 Å². The number of rotatable bonds is 1. The van der Waals surface area contributed by atoms with Crippen molar-refractivity contribution in [2.24, 2.45) is 0 Å². The van der Waals surface area contributed by atoms with Crippen molar-refractivity contribution in [3.05, 3.63) is 59.7 Å². The molecule has 5 aromatic rings. The van der Waals surface area contributed by atoms with E-state index in [1.54, 1.807) is 6.92 Å². The van der Waals surface area contributed by atoms with Gasteiger partial charge < -0.3 is 29.4 Å². The Bertz CT molecular complexity index is 1810. The van der Waals surface area contributed by atoms with E-state index in [0.717, 1.165) is 49.2 Å². The van der Waals surface area contributed by atoms with E-state index in [4.69, 9.17) is 4.74 Å². The summed E-state index contributed by atoms with van der Waals surface area (Å²) in [6.45, 7) is 2.04. The molecule has 0 aliphatic carbocycles. The van der Waals surface area contributed by atoms with Crippen molar-refractivity contribution in [2.45, 2.75) is 37.4 Å². The molecule has 8 nitrogen and oxygen atoms in total. The maximum Gasteiger partial charge on any atom is 0.341 e. The summed E-state index contributed by atoms with van der Waals surface area (Å²) in [6.07, 6.45) is -0.846. The number of fused-ring (bicyclic) bond motifs is 13. The molecule has 1 fully saturated rings. The van der Waals surface area contributed by atoms with E-state index in [1.807, 2.05) is 57.7 Å². The Morgan fingerprint density at radius 3 is 2.47 bits per heavy atom. The van der Waals surface area contributed by atoms with Crippen molar-refractivity contribution >= 4 is 55.5 Å². The molecule has 8 heteroatoms. The largest absolute Gasteiger partial charge is 0.479 e. The summed E-state index contributed by atoms with van der Waals surface area (Å²) in [4.78, 5) is 25.7. The number of benzene rings is 3. The van der Waals surface area contributed by atoms with Crippen LogP contribution in [-0.4, -0.2) is 36.8 Å². The molecule has 3 aliphatic heterocycles. The smallest absolute Gasteiger partial charge is 0.341 e. The fourth-order valence-electron chi connectivity index (χ4n) is 6.73. The fraction of sp³-hybridized carbons (Fsp3) is 0.231. The van der Waals surface area contributed by atoms with Gasteiger partial charge in [-0.3, -0.25) is 4.79 Å². The summed E-state index contributed by atoms with van der Waals surface area (Å²) in [5.41, 5.74) is 1.05. The Hall–Kier alpha value is -3.88. The van der Waals surface area contributed by atoms with Crippen LogP contribution in [0.15, 0.2) is 48.5 Å². The van der Waals surface area contributed by atoms with Gasteiger partial charge in [0.1, 0.15) is 6.23 Å². The molecule has 3 aromatic carbocycles. The average molecular weight is 453 g/mol. The summed E-state index contributed by atoms with van der Waals surface area (Å²) >= 11 is 0. The van der Waals surface area contributed by atoms with Crippen LogP contribution in [0.25, 0.3) is 43.6 Å². The number of aliphatic hydroxyl groups is 1. The molecule has 5 heterocycles. The van der Waals surface area contributed by atoms with E-state index in [1.165, 1.54) is 0 Å². The number of aliphatic carboxylic acids is 1. The molecule has 3 aliphatic rings. The molecule has 2 aromatic heterocycles. The minimum absolute atomic E-state index is 0.111. The van der Waals surface area contributed by atoms with E-state index in [-0.39, 0.29) is 12.3 Å². The van der Waals surface area contributed by atoms with Crippen LogP contribution in [-0.2, 0) is 21.8 Å². The number of nitrogens with one attached hydrogen (secondary N) is 1. The van der Waals surface area contributed by atoms with Crippen LogP contribution < -0.4 is 5.32 Å². The van der Waals surface area contributed by atoms with Crippen molar-refractivity contribution in [2.75, 3.05) is 0 Å². The van der Waals surface area contributed by atoms with E-state index < -0.39 is 23.5 Å². The molecule has 1 amide bonds. The standard InChI is InChI=1S/C26H19N3O5/c1-25-26(33,24(31)32)10-17(34-25)28-15-8-4-2-6-12(15)19-20-14(11-27-23(20)30)18-13-7-3-5-9-16(13)29(25)22(18)21(19)28/h2-9,17,33H,10-11H2,1H3,(H,27,30)(H,31,32)/t17-,25-,26-/m0/s1. The molecule has 0 radical (unpaired) electrons. The van der Waals surface area contributed by atoms with Gasteiger partial charge in [0.05, 0.1) is 27.6 Å². The zero-order chi connectivity index (χ0) is 23.1. The Kier molecular flexibility index (Phi) is 2.96. The highest BCUT2D eigenvalue weighted by Gasteiger charge is 2.65. The molecular formula is C26H19N3O5. The first-order chi connectivity index (χ1) is 16.4. The first kappa shape index (κ1) is 18.5. The van der Waals surface area contributed by atoms with Crippen molar-refractivity contribution < 1.29 is 24.5 Å². The number of hydrogen-bond acceptors (Lipinski definition) is 4. The van der Waals surface area contributed by atoms with E-state index in [2.05, 4.69) is 5.32 Å². The Morgan fingerprint density at radius 2 is 1.74 bits per heavy atom. The third kappa shape index (κ3) is 1.71. The molecule has 168 valence electrons. The molecule has 34 heavy (non-hydrogen) atoms. The maximum atomic E-state index is 13.2. The van der Waals surface area contributed by atoms with Crippen LogP contribution in [0.3, 0.4) is 0 Å². The second kappa shape index (κ2) is 5.43. The van der Waals surface area contributed by atoms with Gasteiger partial charge in [0, 0.05) is 34.5 Å². The molecule has 0 saturated carbocycles. The first-order valence-electron chi connectivity index (χ1n) is 11.3. The topological polar surface area (TPSA) is 106 Å². The number of aromatic nitrogens is 2. The summed E-state index contributed by atoms with van der Waals surface area (Å²) in [7, 11) is 0. The third-order valence-corrected chi connectivity index (χ3v) is 8.19. The zero-order valence-electron chi connectivity index (χ0n) is 18.1. The van der Waals surface area contributed by atoms with Gasteiger partial charge in [-0.2, -0.15) is 0 Å².